The Hall–Kier alpha value is -0.130. The molecule has 1 heterocycles. The quantitative estimate of drug-likeness (QED) is 0.0870. The van der Waals surface area contributed by atoms with Crippen molar-refractivity contribution in [2.75, 3.05) is 32.3 Å². The maximum atomic E-state index is 12.1. The largest absolute Gasteiger partial charge is 0.469 e. The van der Waals surface area contributed by atoms with E-state index in [-0.39, 0.29) is 23.9 Å². The summed E-state index contributed by atoms with van der Waals surface area (Å²) in [5.41, 5.74) is 0. The normalized spacial score (nSPS) is 19.2. The molecule has 3 atom stereocenters. The smallest absolute Gasteiger partial charge is 0.309 e. The summed E-state index contributed by atoms with van der Waals surface area (Å²) in [6, 6.07) is 0. The first-order valence-electron chi connectivity index (χ1n) is 13.1. The Morgan fingerprint density at radius 2 is 1.45 bits per heavy atom. The second-order valence-electron chi connectivity index (χ2n) is 9.17. The van der Waals surface area contributed by atoms with Crippen LogP contribution < -0.4 is 0 Å². The minimum Gasteiger partial charge on any atom is -0.469 e. The van der Waals surface area contributed by atoms with E-state index >= 15 is 0 Å². The first kappa shape index (κ1) is 28.9. The highest BCUT2D eigenvalue weighted by Gasteiger charge is 2.41. The van der Waals surface area contributed by atoms with Crippen LogP contribution in [0.15, 0.2) is 0 Å². The number of hydrogen-bond donors (Lipinski definition) is 0. The molecule has 0 N–H and O–H groups in total. The van der Waals surface area contributed by atoms with E-state index in [9.17, 15) is 4.79 Å². The minimum absolute atomic E-state index is 0.0473. The number of carbonyl (C=O) groups is 1. The zero-order valence-electron chi connectivity index (χ0n) is 20.4. The lowest BCUT2D eigenvalue weighted by atomic mass is 9.82. The average molecular weight is 506 g/mol. The summed E-state index contributed by atoms with van der Waals surface area (Å²) in [7, 11) is 1.48. The molecule has 3 unspecified atom stereocenters. The molecule has 1 rings (SSSR count). The van der Waals surface area contributed by atoms with Crippen molar-refractivity contribution in [2.45, 2.75) is 116 Å². The Morgan fingerprint density at radius 3 is 1.90 bits per heavy atom. The fourth-order valence-corrected chi connectivity index (χ4v) is 4.77. The Balaban J connectivity index is 1.91. The van der Waals surface area contributed by atoms with Gasteiger partial charge in [-0.05, 0) is 19.3 Å². The summed E-state index contributed by atoms with van der Waals surface area (Å²) in [4.78, 5) is 12.1. The molecule has 0 bridgehead atoms. The zero-order chi connectivity index (χ0) is 22.6. The Morgan fingerprint density at radius 1 is 0.903 bits per heavy atom. The first-order chi connectivity index (χ1) is 15.2. The van der Waals surface area contributed by atoms with E-state index < -0.39 is 0 Å². The monoisotopic (exact) mass is 504 g/mol. The number of carbonyl (C=O) groups excluding carboxylic acids is 1. The van der Waals surface area contributed by atoms with Crippen LogP contribution in [0.1, 0.15) is 110 Å². The third-order valence-corrected chi connectivity index (χ3v) is 7.13. The van der Waals surface area contributed by atoms with Gasteiger partial charge in [0.05, 0.1) is 32.3 Å². The lowest BCUT2D eigenvalue weighted by Gasteiger charge is -2.40. The van der Waals surface area contributed by atoms with Gasteiger partial charge in [-0.15, -0.1) is 0 Å². The van der Waals surface area contributed by atoms with Crippen molar-refractivity contribution in [3.05, 3.63) is 0 Å². The van der Waals surface area contributed by atoms with Crippen molar-refractivity contribution in [3.63, 3.8) is 0 Å². The molecule has 1 fully saturated rings. The molecule has 31 heavy (non-hydrogen) atoms. The first-order valence-corrected chi connectivity index (χ1v) is 14.2. The number of hydrogen-bond acceptors (Lipinski definition) is 4. The topological polar surface area (TPSA) is 44.8 Å². The van der Waals surface area contributed by atoms with E-state index in [2.05, 4.69) is 22.9 Å². The predicted octanol–water partition coefficient (Wildman–Crippen LogP) is 7.46. The SMILES string of the molecule is CCCCCCCCCCCCCCCCOCC1OCC1C(CCCBr)C(=O)OC. The lowest BCUT2D eigenvalue weighted by Crippen LogP contribution is -2.49. The molecule has 0 amide bonds. The number of unbranched alkanes of at least 4 members (excludes halogenated alkanes) is 13. The predicted molar refractivity (Wildman–Crippen MR) is 133 cm³/mol. The van der Waals surface area contributed by atoms with Gasteiger partial charge in [0.15, 0.2) is 0 Å². The van der Waals surface area contributed by atoms with E-state index in [1.54, 1.807) is 0 Å². The summed E-state index contributed by atoms with van der Waals surface area (Å²) in [5, 5.41) is 0.911. The van der Waals surface area contributed by atoms with E-state index in [1.165, 1.54) is 90.6 Å². The van der Waals surface area contributed by atoms with Crippen LogP contribution in [0, 0.1) is 11.8 Å². The van der Waals surface area contributed by atoms with Gasteiger partial charge < -0.3 is 14.2 Å². The van der Waals surface area contributed by atoms with Crippen LogP contribution in [0.25, 0.3) is 0 Å². The fourth-order valence-electron chi connectivity index (χ4n) is 4.44. The number of alkyl halides is 1. The molecule has 1 aliphatic rings. The molecule has 184 valence electrons. The molecule has 1 aliphatic heterocycles. The van der Waals surface area contributed by atoms with E-state index in [1.807, 2.05) is 0 Å². The number of esters is 1. The summed E-state index contributed by atoms with van der Waals surface area (Å²) in [5.74, 6) is 0.0695. The highest BCUT2D eigenvalue weighted by molar-refractivity contribution is 9.09. The molecule has 4 nitrogen and oxygen atoms in total. The van der Waals surface area contributed by atoms with Crippen molar-refractivity contribution in [3.8, 4) is 0 Å². The van der Waals surface area contributed by atoms with Gasteiger partial charge in [0.1, 0.15) is 0 Å². The Kier molecular flexibility index (Phi) is 19.1. The Labute approximate surface area is 200 Å². The van der Waals surface area contributed by atoms with Gasteiger partial charge in [0.2, 0.25) is 0 Å². The number of rotatable bonds is 22. The van der Waals surface area contributed by atoms with Crippen molar-refractivity contribution >= 4 is 21.9 Å². The lowest BCUT2D eigenvalue weighted by molar-refractivity contribution is -0.183. The van der Waals surface area contributed by atoms with Crippen LogP contribution in [0.3, 0.4) is 0 Å². The van der Waals surface area contributed by atoms with Gasteiger partial charge in [0, 0.05) is 17.9 Å². The van der Waals surface area contributed by atoms with Crippen LogP contribution in [0.5, 0.6) is 0 Å². The maximum Gasteiger partial charge on any atom is 0.309 e. The van der Waals surface area contributed by atoms with Gasteiger partial charge in [-0.2, -0.15) is 0 Å². The number of halogens is 1. The molecule has 0 spiro atoms. The van der Waals surface area contributed by atoms with Crippen molar-refractivity contribution in [1.29, 1.82) is 0 Å². The molecule has 0 aliphatic carbocycles. The van der Waals surface area contributed by atoms with Gasteiger partial charge in [-0.1, -0.05) is 106 Å². The van der Waals surface area contributed by atoms with Gasteiger partial charge in [-0.25, -0.2) is 0 Å². The third kappa shape index (κ3) is 13.9. The number of methoxy groups -OCH3 is 1. The van der Waals surface area contributed by atoms with Crippen LogP contribution in [-0.4, -0.2) is 44.3 Å². The fraction of sp³-hybridized carbons (Fsp3) is 0.962. The molecule has 0 radical (unpaired) electrons. The van der Waals surface area contributed by atoms with Crippen LogP contribution in [0.2, 0.25) is 0 Å². The summed E-state index contributed by atoms with van der Waals surface area (Å²) in [6.45, 7) is 4.33. The average Bonchev–Trinajstić information content (AvgIpc) is 2.77. The van der Waals surface area contributed by atoms with Crippen molar-refractivity contribution in [1.82, 2.24) is 0 Å². The van der Waals surface area contributed by atoms with Crippen LogP contribution in [-0.2, 0) is 19.0 Å². The van der Waals surface area contributed by atoms with Crippen molar-refractivity contribution < 1.29 is 19.0 Å². The zero-order valence-corrected chi connectivity index (χ0v) is 22.0. The van der Waals surface area contributed by atoms with Crippen LogP contribution >= 0.6 is 15.9 Å². The van der Waals surface area contributed by atoms with Gasteiger partial charge >= 0.3 is 5.97 Å². The second-order valence-corrected chi connectivity index (χ2v) is 9.96. The molecule has 0 aromatic rings. The molecule has 5 heteroatoms. The van der Waals surface area contributed by atoms with Crippen molar-refractivity contribution in [2.24, 2.45) is 11.8 Å². The highest BCUT2D eigenvalue weighted by Crippen LogP contribution is 2.32. The molecular formula is C26H49BrO4. The van der Waals surface area contributed by atoms with Gasteiger partial charge in [-0.3, -0.25) is 4.79 Å². The highest BCUT2D eigenvalue weighted by atomic mass is 79.9. The van der Waals surface area contributed by atoms with Crippen LogP contribution in [0.4, 0.5) is 0 Å². The Bertz CT molecular complexity index is 418. The molecule has 0 aromatic carbocycles. The van der Waals surface area contributed by atoms with E-state index in [0.717, 1.165) is 31.2 Å². The number of ether oxygens (including phenoxy) is 3. The molecule has 1 saturated heterocycles. The van der Waals surface area contributed by atoms with Gasteiger partial charge in [0.25, 0.3) is 0 Å². The summed E-state index contributed by atoms with van der Waals surface area (Å²) >= 11 is 3.45. The summed E-state index contributed by atoms with van der Waals surface area (Å²) < 4.78 is 16.5. The van der Waals surface area contributed by atoms with E-state index in [0.29, 0.717) is 13.2 Å². The molecule has 0 saturated carbocycles. The molecule has 0 aromatic heterocycles. The molecular weight excluding hydrogens is 456 g/mol. The standard InChI is InChI=1S/C26H49BrO4/c1-3-4-5-6-7-8-9-10-11-12-13-14-15-16-20-30-22-25-24(21-31-25)23(18-17-19-27)26(28)29-2/h23-25H,3-22H2,1-2H3. The van der Waals surface area contributed by atoms with E-state index in [4.69, 9.17) is 14.2 Å². The third-order valence-electron chi connectivity index (χ3n) is 6.57. The second kappa shape index (κ2) is 20.5. The maximum absolute atomic E-state index is 12.1. The summed E-state index contributed by atoms with van der Waals surface area (Å²) in [6.07, 6.45) is 21.1. The minimum atomic E-state index is -0.105.